The van der Waals surface area contributed by atoms with Crippen molar-refractivity contribution < 1.29 is 14.3 Å². The topological polar surface area (TPSA) is 58.6 Å². The van der Waals surface area contributed by atoms with Gasteiger partial charge in [-0.25, -0.2) is 0 Å². The minimum atomic E-state index is -0.453. The van der Waals surface area contributed by atoms with Gasteiger partial charge in [0.25, 0.3) is 0 Å². The predicted octanol–water partition coefficient (Wildman–Crippen LogP) is 1.71. The molecule has 2 amide bonds. The van der Waals surface area contributed by atoms with E-state index in [2.05, 4.69) is 19.2 Å². The van der Waals surface area contributed by atoms with Gasteiger partial charge in [-0.15, -0.1) is 0 Å². The first-order valence-electron chi connectivity index (χ1n) is 7.80. The number of nitrogens with one attached hydrogen (secondary N) is 1. The summed E-state index contributed by atoms with van der Waals surface area (Å²) in [6, 6.07) is -0.890. The highest BCUT2D eigenvalue weighted by atomic mass is 16.5. The van der Waals surface area contributed by atoms with Crippen molar-refractivity contribution in [3.8, 4) is 0 Å². The van der Waals surface area contributed by atoms with Crippen LogP contribution in [-0.2, 0) is 14.3 Å². The first-order valence-corrected chi connectivity index (χ1v) is 7.80. The Morgan fingerprint density at radius 3 is 2.43 bits per heavy atom. The summed E-state index contributed by atoms with van der Waals surface area (Å²) in [7, 11) is 0. The number of nitrogens with zero attached hydrogens (tertiary/aromatic N) is 1. The summed E-state index contributed by atoms with van der Waals surface area (Å²) in [5.41, 5.74) is -0.428. The molecular formula is C16H28N2O3. The van der Waals surface area contributed by atoms with E-state index >= 15 is 0 Å². The molecule has 21 heavy (non-hydrogen) atoms. The highest BCUT2D eigenvalue weighted by Crippen LogP contribution is 2.33. The summed E-state index contributed by atoms with van der Waals surface area (Å²) in [4.78, 5) is 26.6. The van der Waals surface area contributed by atoms with E-state index in [9.17, 15) is 9.59 Å². The maximum absolute atomic E-state index is 12.5. The molecule has 1 N–H and O–H groups in total. The molecule has 2 aliphatic heterocycles. The second-order valence-electron chi connectivity index (χ2n) is 8.03. The van der Waals surface area contributed by atoms with Gasteiger partial charge in [-0.2, -0.15) is 0 Å². The van der Waals surface area contributed by atoms with Crippen molar-refractivity contribution in [1.82, 2.24) is 10.2 Å². The lowest BCUT2D eigenvalue weighted by molar-refractivity contribution is -0.156. The Morgan fingerprint density at radius 2 is 1.95 bits per heavy atom. The van der Waals surface area contributed by atoms with Gasteiger partial charge >= 0.3 is 0 Å². The van der Waals surface area contributed by atoms with Crippen molar-refractivity contribution in [2.75, 3.05) is 6.54 Å². The molecule has 2 heterocycles. The van der Waals surface area contributed by atoms with Gasteiger partial charge in [0.15, 0.2) is 0 Å². The van der Waals surface area contributed by atoms with E-state index in [1.807, 2.05) is 20.8 Å². The fourth-order valence-electron chi connectivity index (χ4n) is 3.35. The average Bonchev–Trinajstić information content (AvgIpc) is 2.63. The van der Waals surface area contributed by atoms with E-state index in [1.165, 1.54) is 0 Å². The molecule has 0 bridgehead atoms. The normalized spacial score (nSPS) is 33.2. The zero-order chi connectivity index (χ0) is 16.0. The molecule has 3 atom stereocenters. The third-order valence-electron chi connectivity index (χ3n) is 4.35. The lowest BCUT2D eigenvalue weighted by atomic mass is 9.83. The maximum Gasteiger partial charge on any atom is 0.245 e. The van der Waals surface area contributed by atoms with Gasteiger partial charge in [0.1, 0.15) is 12.1 Å². The fraction of sp³-hybridized carbons (Fsp3) is 0.875. The SMILES string of the molecule is CC1NC(=O)C(C(C)(C)C)N(CC2CCC(C)(C)O2)C1=O. The first kappa shape index (κ1) is 16.3. The average molecular weight is 296 g/mol. The second kappa shape index (κ2) is 5.27. The minimum absolute atomic E-state index is 0.0113. The van der Waals surface area contributed by atoms with Crippen LogP contribution in [-0.4, -0.2) is 47.0 Å². The third-order valence-corrected chi connectivity index (χ3v) is 4.35. The summed E-state index contributed by atoms with van der Waals surface area (Å²) in [5, 5.41) is 2.79. The maximum atomic E-state index is 12.5. The Morgan fingerprint density at radius 1 is 1.33 bits per heavy atom. The Balaban J connectivity index is 2.19. The van der Waals surface area contributed by atoms with Crippen molar-refractivity contribution >= 4 is 11.8 Å². The van der Waals surface area contributed by atoms with Gasteiger partial charge in [0, 0.05) is 6.54 Å². The molecule has 0 aliphatic carbocycles. The molecule has 0 spiro atoms. The molecular weight excluding hydrogens is 268 g/mol. The highest BCUT2D eigenvalue weighted by molar-refractivity contribution is 5.97. The molecule has 2 rings (SSSR count). The molecule has 0 aromatic heterocycles. The van der Waals surface area contributed by atoms with E-state index in [0.29, 0.717) is 6.54 Å². The van der Waals surface area contributed by atoms with Crippen molar-refractivity contribution in [1.29, 1.82) is 0 Å². The molecule has 5 nitrogen and oxygen atoms in total. The van der Waals surface area contributed by atoms with Crippen molar-refractivity contribution in [2.45, 2.75) is 78.2 Å². The van der Waals surface area contributed by atoms with Crippen molar-refractivity contribution in [3.05, 3.63) is 0 Å². The van der Waals surface area contributed by atoms with Crippen molar-refractivity contribution in [2.24, 2.45) is 5.41 Å². The van der Waals surface area contributed by atoms with Gasteiger partial charge in [-0.1, -0.05) is 20.8 Å². The molecule has 2 fully saturated rings. The molecule has 3 unspecified atom stereocenters. The predicted molar refractivity (Wildman–Crippen MR) is 80.7 cm³/mol. The number of rotatable bonds is 2. The van der Waals surface area contributed by atoms with E-state index in [0.717, 1.165) is 12.8 Å². The van der Waals surface area contributed by atoms with Crippen LogP contribution in [0.4, 0.5) is 0 Å². The van der Waals surface area contributed by atoms with Crippen LogP contribution < -0.4 is 5.32 Å². The summed E-state index contributed by atoms with van der Waals surface area (Å²) in [6.07, 6.45) is 1.94. The van der Waals surface area contributed by atoms with E-state index < -0.39 is 12.1 Å². The molecule has 2 aliphatic rings. The molecule has 2 saturated heterocycles. The van der Waals surface area contributed by atoms with Crippen LogP contribution >= 0.6 is 0 Å². The van der Waals surface area contributed by atoms with E-state index in [4.69, 9.17) is 4.74 Å². The summed E-state index contributed by atoms with van der Waals surface area (Å²) in [5.74, 6) is -0.0744. The lowest BCUT2D eigenvalue weighted by Crippen LogP contribution is -2.67. The minimum Gasteiger partial charge on any atom is -0.371 e. The van der Waals surface area contributed by atoms with Crippen molar-refractivity contribution in [3.63, 3.8) is 0 Å². The zero-order valence-electron chi connectivity index (χ0n) is 14.0. The van der Waals surface area contributed by atoms with Crippen LogP contribution in [0.1, 0.15) is 54.4 Å². The first-order chi connectivity index (χ1) is 9.51. The summed E-state index contributed by atoms with van der Waals surface area (Å²) in [6.45, 7) is 12.4. The number of hydrogen-bond acceptors (Lipinski definition) is 3. The molecule has 0 aromatic rings. The van der Waals surface area contributed by atoms with E-state index in [1.54, 1.807) is 11.8 Å². The number of hydrogen-bond donors (Lipinski definition) is 1. The van der Waals surface area contributed by atoms with Crippen LogP contribution in [0.25, 0.3) is 0 Å². The van der Waals surface area contributed by atoms with Gasteiger partial charge in [0.2, 0.25) is 11.8 Å². The number of ether oxygens (including phenoxy) is 1. The molecule has 0 saturated carbocycles. The standard InChI is InChI=1S/C16H28N2O3/c1-10-14(20)18(9-11-7-8-16(5,6)21-11)12(13(19)17-10)15(2,3)4/h10-12H,7-9H2,1-6H3,(H,17,19). The zero-order valence-corrected chi connectivity index (χ0v) is 14.0. The fourth-order valence-corrected chi connectivity index (χ4v) is 3.35. The molecule has 120 valence electrons. The summed E-state index contributed by atoms with van der Waals surface area (Å²) < 4.78 is 6.01. The molecule has 0 aromatic carbocycles. The smallest absolute Gasteiger partial charge is 0.245 e. The van der Waals surface area contributed by atoms with Gasteiger partial charge in [-0.05, 0) is 39.0 Å². The highest BCUT2D eigenvalue weighted by Gasteiger charge is 2.46. The second-order valence-corrected chi connectivity index (χ2v) is 8.03. The number of carbonyl (C=O) groups is 2. The summed E-state index contributed by atoms with van der Waals surface area (Å²) >= 11 is 0. The monoisotopic (exact) mass is 296 g/mol. The van der Waals surface area contributed by atoms with Crippen LogP contribution in [0.5, 0.6) is 0 Å². The Bertz CT molecular complexity index is 439. The van der Waals surface area contributed by atoms with Gasteiger partial charge in [-0.3, -0.25) is 9.59 Å². The Hall–Kier alpha value is -1.10. The Labute approximate surface area is 127 Å². The number of carbonyl (C=O) groups excluding carboxylic acids is 2. The molecule has 0 radical (unpaired) electrons. The largest absolute Gasteiger partial charge is 0.371 e. The van der Waals surface area contributed by atoms with E-state index in [-0.39, 0.29) is 28.9 Å². The molecule has 5 heteroatoms. The van der Waals surface area contributed by atoms with Gasteiger partial charge < -0.3 is 15.0 Å². The van der Waals surface area contributed by atoms with Crippen LogP contribution in [0.2, 0.25) is 0 Å². The van der Waals surface area contributed by atoms with Gasteiger partial charge in [0.05, 0.1) is 11.7 Å². The van der Waals surface area contributed by atoms with Crippen LogP contribution in [0, 0.1) is 5.41 Å². The van der Waals surface area contributed by atoms with Crippen LogP contribution in [0.3, 0.4) is 0 Å². The third kappa shape index (κ3) is 3.39. The lowest BCUT2D eigenvalue weighted by Gasteiger charge is -2.44. The quantitative estimate of drug-likeness (QED) is 0.844. The number of piperazine rings is 1. The van der Waals surface area contributed by atoms with Crippen LogP contribution in [0.15, 0.2) is 0 Å². The number of amides is 2. The Kier molecular flexibility index (Phi) is 4.08.